The van der Waals surface area contributed by atoms with Gasteiger partial charge in [0.05, 0.1) is 5.56 Å². The zero-order valence-electron chi connectivity index (χ0n) is 9.40. The summed E-state index contributed by atoms with van der Waals surface area (Å²) in [4.78, 5) is 0. The molecular formula is C14H13NO. The van der Waals surface area contributed by atoms with Gasteiger partial charge in [-0.05, 0) is 0 Å². The molecule has 0 bridgehead atoms. The number of furan rings is 1. The van der Waals surface area contributed by atoms with E-state index in [9.17, 15) is 0 Å². The Morgan fingerprint density at radius 3 is 2.38 bits per heavy atom. The summed E-state index contributed by atoms with van der Waals surface area (Å²) in [6.45, 7) is 4.04. The quantitative estimate of drug-likeness (QED) is 0.754. The van der Waals surface area contributed by atoms with Crippen molar-refractivity contribution in [3.63, 3.8) is 0 Å². The molecule has 2 rings (SSSR count). The molecule has 80 valence electrons. The molecule has 0 fully saturated rings. The molecule has 0 saturated heterocycles. The Morgan fingerprint density at radius 1 is 1.19 bits per heavy atom. The van der Waals surface area contributed by atoms with Crippen molar-refractivity contribution in [2.45, 2.75) is 19.8 Å². The lowest BCUT2D eigenvalue weighted by atomic mass is 10.1. The fourth-order valence-electron chi connectivity index (χ4n) is 1.67. The lowest BCUT2D eigenvalue weighted by Gasteiger charge is -2.00. The van der Waals surface area contributed by atoms with E-state index in [0.29, 0.717) is 5.56 Å². The highest BCUT2D eigenvalue weighted by molar-refractivity contribution is 5.60. The van der Waals surface area contributed by atoms with Gasteiger partial charge >= 0.3 is 0 Å². The first-order chi connectivity index (χ1) is 7.72. The summed E-state index contributed by atoms with van der Waals surface area (Å²) in [6.07, 6.45) is 0. The van der Waals surface area contributed by atoms with Crippen LogP contribution in [0.1, 0.15) is 31.1 Å². The Hall–Kier alpha value is -2.01. The second-order valence-electron chi connectivity index (χ2n) is 4.02. The molecule has 0 aliphatic carbocycles. The predicted molar refractivity (Wildman–Crippen MR) is 62.9 cm³/mol. The van der Waals surface area contributed by atoms with Crippen molar-refractivity contribution in [3.05, 3.63) is 47.7 Å². The molecule has 1 aromatic heterocycles. The topological polar surface area (TPSA) is 36.9 Å². The minimum absolute atomic E-state index is 0.229. The second kappa shape index (κ2) is 4.24. The summed E-state index contributed by atoms with van der Waals surface area (Å²) in [7, 11) is 0. The zero-order valence-corrected chi connectivity index (χ0v) is 9.40. The Morgan fingerprint density at radius 2 is 1.88 bits per heavy atom. The van der Waals surface area contributed by atoms with Crippen LogP contribution in [0.15, 0.2) is 40.8 Å². The summed E-state index contributed by atoms with van der Waals surface area (Å²) in [5.41, 5.74) is 1.64. The molecule has 0 radical (unpaired) electrons. The lowest BCUT2D eigenvalue weighted by Crippen LogP contribution is -1.86. The average Bonchev–Trinajstić information content (AvgIpc) is 2.74. The number of hydrogen-bond acceptors (Lipinski definition) is 2. The summed E-state index contributed by atoms with van der Waals surface area (Å²) < 4.78 is 5.73. The van der Waals surface area contributed by atoms with Crippen molar-refractivity contribution in [1.82, 2.24) is 0 Å². The third kappa shape index (κ3) is 1.85. The number of nitriles is 1. The van der Waals surface area contributed by atoms with Gasteiger partial charge in [-0.3, -0.25) is 0 Å². The van der Waals surface area contributed by atoms with Crippen molar-refractivity contribution in [2.75, 3.05) is 0 Å². The predicted octanol–water partition coefficient (Wildman–Crippen LogP) is 3.94. The van der Waals surface area contributed by atoms with E-state index in [1.807, 2.05) is 50.2 Å². The minimum atomic E-state index is 0.229. The van der Waals surface area contributed by atoms with Crippen LogP contribution in [0.25, 0.3) is 11.3 Å². The highest BCUT2D eigenvalue weighted by Crippen LogP contribution is 2.29. The van der Waals surface area contributed by atoms with E-state index in [4.69, 9.17) is 9.68 Å². The van der Waals surface area contributed by atoms with E-state index >= 15 is 0 Å². The molecule has 0 N–H and O–H groups in total. The molecule has 0 aliphatic rings. The molecule has 1 aromatic carbocycles. The van der Waals surface area contributed by atoms with Crippen LogP contribution in [-0.2, 0) is 0 Å². The van der Waals surface area contributed by atoms with Crippen LogP contribution < -0.4 is 0 Å². The molecule has 0 saturated carbocycles. The molecule has 1 heterocycles. The summed E-state index contributed by atoms with van der Waals surface area (Å²) in [6, 6.07) is 13.8. The van der Waals surface area contributed by atoms with Gasteiger partial charge in [0, 0.05) is 17.5 Å². The van der Waals surface area contributed by atoms with Gasteiger partial charge in [0.2, 0.25) is 0 Å². The van der Waals surface area contributed by atoms with Crippen molar-refractivity contribution < 1.29 is 4.42 Å². The first kappa shape index (κ1) is 10.5. The lowest BCUT2D eigenvalue weighted by molar-refractivity contribution is 0.497. The maximum Gasteiger partial charge on any atom is 0.135 e. The molecule has 0 atom stereocenters. The van der Waals surface area contributed by atoms with E-state index in [0.717, 1.165) is 17.1 Å². The fraction of sp³-hybridized carbons (Fsp3) is 0.214. The Balaban J connectivity index is 2.49. The molecule has 0 unspecified atom stereocenters. The highest BCUT2D eigenvalue weighted by Gasteiger charge is 2.14. The van der Waals surface area contributed by atoms with Crippen LogP contribution in [0, 0.1) is 11.3 Å². The summed E-state index contributed by atoms with van der Waals surface area (Å²) >= 11 is 0. The largest absolute Gasteiger partial charge is 0.459 e. The maximum atomic E-state index is 9.02. The van der Waals surface area contributed by atoms with Gasteiger partial charge in [-0.1, -0.05) is 44.2 Å². The van der Waals surface area contributed by atoms with Gasteiger partial charge in [-0.15, -0.1) is 0 Å². The number of benzene rings is 1. The second-order valence-corrected chi connectivity index (χ2v) is 4.02. The first-order valence-electron chi connectivity index (χ1n) is 5.31. The molecule has 2 nitrogen and oxygen atoms in total. The number of hydrogen-bond donors (Lipinski definition) is 0. The van der Waals surface area contributed by atoms with E-state index in [1.54, 1.807) is 0 Å². The van der Waals surface area contributed by atoms with Gasteiger partial charge in [0.15, 0.2) is 0 Å². The van der Waals surface area contributed by atoms with Crippen LogP contribution in [0.5, 0.6) is 0 Å². The fourth-order valence-corrected chi connectivity index (χ4v) is 1.67. The molecule has 2 heteroatoms. The zero-order chi connectivity index (χ0) is 11.5. The van der Waals surface area contributed by atoms with Crippen LogP contribution in [0.2, 0.25) is 0 Å². The standard InChI is InChI=1S/C14H13NO/c1-10(2)14-12(9-15)8-13(16-14)11-6-4-3-5-7-11/h3-8,10H,1-2H3. The Kier molecular flexibility index (Phi) is 2.78. The third-order valence-corrected chi connectivity index (χ3v) is 2.46. The number of nitrogens with zero attached hydrogens (tertiary/aromatic N) is 1. The van der Waals surface area contributed by atoms with E-state index in [1.165, 1.54) is 0 Å². The summed E-state index contributed by atoms with van der Waals surface area (Å²) in [5, 5.41) is 9.02. The first-order valence-corrected chi connectivity index (χ1v) is 5.31. The Bertz CT molecular complexity index is 517. The molecule has 16 heavy (non-hydrogen) atoms. The van der Waals surface area contributed by atoms with Crippen molar-refractivity contribution in [2.24, 2.45) is 0 Å². The van der Waals surface area contributed by atoms with Gasteiger partial charge < -0.3 is 4.42 Å². The monoisotopic (exact) mass is 211 g/mol. The molecule has 0 spiro atoms. The maximum absolute atomic E-state index is 9.02. The summed E-state index contributed by atoms with van der Waals surface area (Å²) in [5.74, 6) is 1.76. The van der Waals surface area contributed by atoms with Crippen LogP contribution in [0.4, 0.5) is 0 Å². The average molecular weight is 211 g/mol. The SMILES string of the molecule is CC(C)c1oc(-c2ccccc2)cc1C#N. The van der Waals surface area contributed by atoms with Crippen molar-refractivity contribution >= 4 is 0 Å². The van der Waals surface area contributed by atoms with E-state index in [2.05, 4.69) is 6.07 Å². The van der Waals surface area contributed by atoms with Crippen LogP contribution >= 0.6 is 0 Å². The molecule has 0 amide bonds. The minimum Gasteiger partial charge on any atom is -0.459 e. The highest BCUT2D eigenvalue weighted by atomic mass is 16.3. The third-order valence-electron chi connectivity index (χ3n) is 2.46. The van der Waals surface area contributed by atoms with E-state index < -0.39 is 0 Å². The normalized spacial score (nSPS) is 10.4. The van der Waals surface area contributed by atoms with E-state index in [-0.39, 0.29) is 5.92 Å². The van der Waals surface area contributed by atoms with Gasteiger partial charge in [-0.25, -0.2) is 0 Å². The van der Waals surface area contributed by atoms with Gasteiger partial charge in [-0.2, -0.15) is 5.26 Å². The van der Waals surface area contributed by atoms with Crippen LogP contribution in [0.3, 0.4) is 0 Å². The molecular weight excluding hydrogens is 198 g/mol. The molecule has 0 aliphatic heterocycles. The number of rotatable bonds is 2. The van der Waals surface area contributed by atoms with Crippen molar-refractivity contribution in [3.8, 4) is 17.4 Å². The van der Waals surface area contributed by atoms with Crippen molar-refractivity contribution in [1.29, 1.82) is 5.26 Å². The Labute approximate surface area is 95.1 Å². The molecule has 2 aromatic rings. The van der Waals surface area contributed by atoms with Gasteiger partial charge in [0.25, 0.3) is 0 Å². The van der Waals surface area contributed by atoms with Gasteiger partial charge in [0.1, 0.15) is 17.6 Å². The smallest absolute Gasteiger partial charge is 0.135 e. The van der Waals surface area contributed by atoms with Crippen LogP contribution in [-0.4, -0.2) is 0 Å².